The lowest BCUT2D eigenvalue weighted by Crippen LogP contribution is -2.36. The van der Waals surface area contributed by atoms with Gasteiger partial charge in [0.05, 0.1) is 12.3 Å². The maximum absolute atomic E-state index is 13.1. The smallest absolute Gasteiger partial charge is 0.123 e. The molecule has 0 spiro atoms. The molecule has 2 aliphatic rings. The first-order chi connectivity index (χ1) is 11.7. The van der Waals surface area contributed by atoms with Crippen LogP contribution in [0.25, 0.3) is 0 Å². The predicted molar refractivity (Wildman–Crippen MR) is 87.8 cm³/mol. The minimum atomic E-state index is -0.194. The number of nitrogens with zero attached hydrogens (tertiary/aromatic N) is 4. The van der Waals surface area contributed by atoms with E-state index in [4.69, 9.17) is 4.74 Å². The Morgan fingerprint density at radius 3 is 2.75 bits per heavy atom. The number of hydrogen-bond donors (Lipinski definition) is 0. The number of hydrogen-bond acceptors (Lipinski definition) is 4. The van der Waals surface area contributed by atoms with Gasteiger partial charge in [0.15, 0.2) is 0 Å². The molecular formula is C18H23FN4O. The van der Waals surface area contributed by atoms with Crippen LogP contribution in [0.5, 0.6) is 0 Å². The van der Waals surface area contributed by atoms with E-state index < -0.39 is 0 Å². The minimum absolute atomic E-state index is 0.194. The van der Waals surface area contributed by atoms with Crippen LogP contribution >= 0.6 is 0 Å². The van der Waals surface area contributed by atoms with Crippen molar-refractivity contribution in [1.82, 2.24) is 19.9 Å². The van der Waals surface area contributed by atoms with Gasteiger partial charge in [0.1, 0.15) is 11.5 Å². The van der Waals surface area contributed by atoms with Crippen LogP contribution in [0.3, 0.4) is 0 Å². The normalized spacial score (nSPS) is 21.0. The van der Waals surface area contributed by atoms with E-state index in [-0.39, 0.29) is 11.7 Å². The van der Waals surface area contributed by atoms with Gasteiger partial charge in [-0.1, -0.05) is 17.3 Å². The Hall–Kier alpha value is -1.79. The number of fused-ring (bicyclic) bond motifs is 1. The highest BCUT2D eigenvalue weighted by Gasteiger charge is 2.31. The average Bonchev–Trinajstić information content (AvgIpc) is 3.32. The molecule has 6 heteroatoms. The Balaban J connectivity index is 1.45. The molecule has 2 heterocycles. The standard InChI is InChI=1S/C18H23FN4O/c1-22-18-15(12-24-11-14-2-3-14)9-23(10-17(18)20-21-22)8-13-4-6-16(19)7-5-13/h4-7,14-15H,2-3,8-12H2,1H3/t15-/m1/s1. The highest BCUT2D eigenvalue weighted by atomic mass is 19.1. The van der Waals surface area contributed by atoms with Gasteiger partial charge in [-0.2, -0.15) is 0 Å². The Morgan fingerprint density at radius 2 is 2.00 bits per heavy atom. The van der Waals surface area contributed by atoms with Crippen molar-refractivity contribution in [3.05, 3.63) is 47.0 Å². The van der Waals surface area contributed by atoms with Gasteiger partial charge in [0, 0.05) is 39.2 Å². The van der Waals surface area contributed by atoms with E-state index in [0.717, 1.165) is 43.4 Å². The maximum Gasteiger partial charge on any atom is 0.123 e. The third kappa shape index (κ3) is 3.49. The minimum Gasteiger partial charge on any atom is -0.380 e. The summed E-state index contributed by atoms with van der Waals surface area (Å²) in [5, 5.41) is 8.52. The van der Waals surface area contributed by atoms with Crippen molar-refractivity contribution in [3.8, 4) is 0 Å². The van der Waals surface area contributed by atoms with Crippen LogP contribution in [0.4, 0.5) is 4.39 Å². The first kappa shape index (κ1) is 15.7. The summed E-state index contributed by atoms with van der Waals surface area (Å²) >= 11 is 0. The van der Waals surface area contributed by atoms with E-state index in [1.54, 1.807) is 0 Å². The molecule has 1 aliphatic heterocycles. The molecular weight excluding hydrogens is 307 g/mol. The zero-order chi connectivity index (χ0) is 16.5. The first-order valence-corrected chi connectivity index (χ1v) is 8.62. The largest absolute Gasteiger partial charge is 0.380 e. The SMILES string of the molecule is Cn1nnc2c1[C@@H](COCC1CC1)CN(Cc1ccc(F)cc1)C2. The van der Waals surface area contributed by atoms with Crippen LogP contribution in [0.1, 0.15) is 35.7 Å². The van der Waals surface area contributed by atoms with Crippen molar-refractivity contribution in [2.45, 2.75) is 31.8 Å². The Bertz CT molecular complexity index is 696. The average molecular weight is 330 g/mol. The van der Waals surface area contributed by atoms with Gasteiger partial charge < -0.3 is 4.74 Å². The molecule has 0 saturated heterocycles. The lowest BCUT2D eigenvalue weighted by Gasteiger charge is -2.32. The number of rotatable bonds is 6. The van der Waals surface area contributed by atoms with Crippen LogP contribution < -0.4 is 0 Å². The summed E-state index contributed by atoms with van der Waals surface area (Å²) in [5.41, 5.74) is 3.34. The van der Waals surface area contributed by atoms with E-state index in [2.05, 4.69) is 15.2 Å². The fraction of sp³-hybridized carbons (Fsp3) is 0.556. The van der Waals surface area contributed by atoms with Crippen molar-refractivity contribution in [3.63, 3.8) is 0 Å². The second-order valence-corrected chi connectivity index (χ2v) is 7.02. The monoisotopic (exact) mass is 330 g/mol. The summed E-state index contributed by atoms with van der Waals surface area (Å²) in [7, 11) is 1.95. The van der Waals surface area contributed by atoms with Crippen molar-refractivity contribution in [1.29, 1.82) is 0 Å². The molecule has 1 aliphatic carbocycles. The summed E-state index contributed by atoms with van der Waals surface area (Å²) in [6, 6.07) is 6.73. The lowest BCUT2D eigenvalue weighted by molar-refractivity contribution is 0.0866. The molecule has 5 nitrogen and oxygen atoms in total. The number of benzene rings is 1. The summed E-state index contributed by atoms with van der Waals surface area (Å²) in [5.74, 6) is 0.862. The quantitative estimate of drug-likeness (QED) is 0.816. The molecule has 1 aromatic heterocycles. The van der Waals surface area contributed by atoms with E-state index in [1.807, 2.05) is 23.9 Å². The van der Waals surface area contributed by atoms with Crippen LogP contribution in [0, 0.1) is 11.7 Å². The highest BCUT2D eigenvalue weighted by molar-refractivity contribution is 5.21. The molecule has 0 unspecified atom stereocenters. The molecule has 2 aromatic rings. The molecule has 1 fully saturated rings. The number of aryl methyl sites for hydroxylation is 1. The van der Waals surface area contributed by atoms with Crippen molar-refractivity contribution in [2.24, 2.45) is 13.0 Å². The fourth-order valence-electron chi connectivity index (χ4n) is 3.46. The van der Waals surface area contributed by atoms with Gasteiger partial charge in [0.25, 0.3) is 0 Å². The second kappa shape index (κ2) is 6.61. The molecule has 24 heavy (non-hydrogen) atoms. The maximum atomic E-state index is 13.1. The summed E-state index contributed by atoms with van der Waals surface area (Å²) in [6.07, 6.45) is 2.61. The number of aromatic nitrogens is 3. The highest BCUT2D eigenvalue weighted by Crippen LogP contribution is 2.31. The van der Waals surface area contributed by atoms with Crippen molar-refractivity contribution >= 4 is 0 Å². The van der Waals surface area contributed by atoms with E-state index in [9.17, 15) is 4.39 Å². The first-order valence-electron chi connectivity index (χ1n) is 8.62. The molecule has 128 valence electrons. The molecule has 0 N–H and O–H groups in total. The third-order valence-corrected chi connectivity index (χ3v) is 4.87. The molecule has 0 bridgehead atoms. The van der Waals surface area contributed by atoms with Gasteiger partial charge in [-0.25, -0.2) is 4.39 Å². The van der Waals surface area contributed by atoms with Crippen molar-refractivity contribution < 1.29 is 9.13 Å². The van der Waals surface area contributed by atoms with Crippen LogP contribution in [-0.2, 0) is 24.9 Å². The van der Waals surface area contributed by atoms with Crippen LogP contribution in [0.2, 0.25) is 0 Å². The second-order valence-electron chi connectivity index (χ2n) is 7.02. The molecule has 0 radical (unpaired) electrons. The molecule has 0 amide bonds. The zero-order valence-electron chi connectivity index (χ0n) is 14.0. The van der Waals surface area contributed by atoms with E-state index in [1.165, 1.54) is 30.7 Å². The number of halogens is 1. The van der Waals surface area contributed by atoms with Gasteiger partial charge in [-0.3, -0.25) is 9.58 Å². The van der Waals surface area contributed by atoms with Crippen molar-refractivity contribution in [2.75, 3.05) is 19.8 Å². The van der Waals surface area contributed by atoms with Gasteiger partial charge in [-0.15, -0.1) is 5.10 Å². The van der Waals surface area contributed by atoms with Crippen LogP contribution in [-0.4, -0.2) is 39.7 Å². The fourth-order valence-corrected chi connectivity index (χ4v) is 3.46. The summed E-state index contributed by atoms with van der Waals surface area (Å²) < 4.78 is 20.9. The van der Waals surface area contributed by atoms with Crippen LogP contribution in [0.15, 0.2) is 24.3 Å². The molecule has 1 atom stereocenters. The van der Waals surface area contributed by atoms with Gasteiger partial charge in [0.2, 0.25) is 0 Å². The Morgan fingerprint density at radius 1 is 1.21 bits per heavy atom. The zero-order valence-corrected chi connectivity index (χ0v) is 14.0. The Kier molecular flexibility index (Phi) is 4.33. The van der Waals surface area contributed by atoms with Gasteiger partial charge >= 0.3 is 0 Å². The van der Waals surface area contributed by atoms with E-state index >= 15 is 0 Å². The molecule has 1 saturated carbocycles. The predicted octanol–water partition coefficient (Wildman–Crippen LogP) is 2.48. The Labute approximate surface area is 141 Å². The van der Waals surface area contributed by atoms with Gasteiger partial charge in [-0.05, 0) is 36.5 Å². The molecule has 1 aromatic carbocycles. The molecule has 4 rings (SSSR count). The van der Waals surface area contributed by atoms with E-state index in [0.29, 0.717) is 6.61 Å². The topological polar surface area (TPSA) is 43.2 Å². The summed E-state index contributed by atoms with van der Waals surface area (Å²) in [4.78, 5) is 2.34. The summed E-state index contributed by atoms with van der Waals surface area (Å²) in [6.45, 7) is 4.06. The number of ether oxygens (including phenoxy) is 1. The lowest BCUT2D eigenvalue weighted by atomic mass is 9.98. The third-order valence-electron chi connectivity index (χ3n) is 4.87.